The van der Waals surface area contributed by atoms with Crippen LogP contribution in [-0.2, 0) is 31.0 Å². The number of rotatable bonds is 11. The van der Waals surface area contributed by atoms with E-state index in [0.717, 1.165) is 66.9 Å². The summed E-state index contributed by atoms with van der Waals surface area (Å²) in [5, 5.41) is 12.5. The van der Waals surface area contributed by atoms with Crippen molar-refractivity contribution < 1.29 is 18.7 Å². The number of aromatic nitrogens is 5. The highest BCUT2D eigenvalue weighted by Crippen LogP contribution is 2.24. The number of anilines is 1. The second kappa shape index (κ2) is 13.8. The molecule has 0 saturated carbocycles. The number of methoxy groups -OCH3 is 1. The molecule has 6 rings (SSSR count). The molecule has 11 nitrogen and oxygen atoms in total. The summed E-state index contributed by atoms with van der Waals surface area (Å²) in [4.78, 5) is 28.7. The third kappa shape index (κ3) is 6.84. The van der Waals surface area contributed by atoms with Gasteiger partial charge in [-0.05, 0) is 68.3 Å². The summed E-state index contributed by atoms with van der Waals surface area (Å²) in [6.07, 6.45) is 5.56. The van der Waals surface area contributed by atoms with Gasteiger partial charge < -0.3 is 23.9 Å². The molecule has 0 amide bonds. The molecular weight excluding hydrogens is 587 g/mol. The Morgan fingerprint density at radius 1 is 1.11 bits per heavy atom. The van der Waals surface area contributed by atoms with Crippen LogP contribution < -0.4 is 10.1 Å². The molecule has 0 radical (unpaired) electrons. The molecule has 2 aromatic carbocycles. The Kier molecular flexibility index (Phi) is 9.21. The molecular formula is C34H35FN8O3. The molecule has 0 bridgehead atoms. The van der Waals surface area contributed by atoms with Crippen molar-refractivity contribution in [2.45, 2.75) is 52.0 Å². The number of aryl methyl sites for hydroxylation is 1. The number of likely N-dealkylation sites (tertiary alicyclic amines) is 1. The van der Waals surface area contributed by atoms with E-state index in [2.05, 4.69) is 36.2 Å². The molecule has 1 saturated heterocycles. The van der Waals surface area contributed by atoms with E-state index >= 15 is 0 Å². The lowest BCUT2D eigenvalue weighted by Gasteiger charge is -2.32. The molecule has 46 heavy (non-hydrogen) atoms. The van der Waals surface area contributed by atoms with Crippen molar-refractivity contribution in [1.29, 1.82) is 5.26 Å². The second-order valence-corrected chi connectivity index (χ2v) is 11.2. The Morgan fingerprint density at radius 3 is 2.72 bits per heavy atom. The smallest absolute Gasteiger partial charge is 0.337 e. The number of fused-ring (bicyclic) bond motifs is 1. The molecule has 1 N–H and O–H groups in total. The topological polar surface area (TPSA) is 123 Å². The zero-order valence-corrected chi connectivity index (χ0v) is 25.8. The van der Waals surface area contributed by atoms with Gasteiger partial charge in [0, 0.05) is 31.9 Å². The summed E-state index contributed by atoms with van der Waals surface area (Å²) in [5.74, 6) is 0.808. The van der Waals surface area contributed by atoms with Crippen LogP contribution in [0.15, 0.2) is 67.1 Å². The first-order chi connectivity index (χ1) is 22.4. The van der Waals surface area contributed by atoms with Crippen LogP contribution in [0.5, 0.6) is 5.75 Å². The van der Waals surface area contributed by atoms with Crippen LogP contribution in [0, 0.1) is 17.1 Å². The zero-order valence-electron chi connectivity index (χ0n) is 25.8. The fourth-order valence-corrected chi connectivity index (χ4v) is 5.77. The summed E-state index contributed by atoms with van der Waals surface area (Å²) in [7, 11) is 1.39. The molecule has 0 atom stereocenters. The van der Waals surface area contributed by atoms with Crippen LogP contribution in [0.1, 0.15) is 52.9 Å². The Hall–Kier alpha value is -5.28. The molecule has 3 aromatic heterocycles. The lowest BCUT2D eigenvalue weighted by Crippen LogP contribution is -2.39. The van der Waals surface area contributed by atoms with Crippen molar-refractivity contribution >= 4 is 22.8 Å². The first kappa shape index (κ1) is 30.7. The van der Waals surface area contributed by atoms with Gasteiger partial charge in [-0.15, -0.1) is 0 Å². The second-order valence-electron chi connectivity index (χ2n) is 11.2. The van der Waals surface area contributed by atoms with E-state index in [-0.39, 0.29) is 29.9 Å². The summed E-state index contributed by atoms with van der Waals surface area (Å²) < 4.78 is 29.1. The molecule has 0 unspecified atom stereocenters. The number of halogens is 1. The van der Waals surface area contributed by atoms with E-state index in [1.165, 1.54) is 19.2 Å². The minimum Gasteiger partial charge on any atom is -0.484 e. The number of nitrogens with zero attached hydrogens (tertiary/aromatic N) is 7. The number of hydrogen-bond donors (Lipinski definition) is 1. The molecule has 1 fully saturated rings. The number of imidazole rings is 2. The summed E-state index contributed by atoms with van der Waals surface area (Å²) >= 11 is 0. The first-order valence-corrected chi connectivity index (χ1v) is 15.3. The van der Waals surface area contributed by atoms with Gasteiger partial charge >= 0.3 is 5.97 Å². The number of piperidine rings is 1. The number of benzene rings is 2. The Bertz CT molecular complexity index is 1890. The maximum Gasteiger partial charge on any atom is 0.337 e. The number of esters is 1. The van der Waals surface area contributed by atoms with Crippen LogP contribution in [0.25, 0.3) is 11.0 Å². The van der Waals surface area contributed by atoms with E-state index in [0.29, 0.717) is 24.3 Å². The van der Waals surface area contributed by atoms with E-state index in [4.69, 9.17) is 19.7 Å². The standard InChI is InChI=1S/C34H35FN8O3/c1-3-42-22-37-18-27(42)19-43-30-16-24(34(44)45-2)8-9-29(30)40-33(43)20-41-13-11-25(12-14-41)38-32-6-4-5-26(39-32)21-46-31-10-7-23(17-36)15-28(31)35/h4-10,15-16,18,22,25H,3,11-14,19-21H2,1-2H3,(H,38,39). The van der Waals surface area contributed by atoms with Crippen molar-refractivity contribution in [3.63, 3.8) is 0 Å². The number of carbonyl (C=O) groups is 1. The van der Waals surface area contributed by atoms with Gasteiger partial charge in [-0.1, -0.05) is 6.07 Å². The molecule has 0 spiro atoms. The molecule has 1 aliphatic rings. The normalized spacial score (nSPS) is 13.9. The monoisotopic (exact) mass is 622 g/mol. The van der Waals surface area contributed by atoms with Crippen molar-refractivity contribution in [2.24, 2.45) is 0 Å². The van der Waals surface area contributed by atoms with Gasteiger partial charge in [-0.2, -0.15) is 5.26 Å². The number of hydrogen-bond acceptors (Lipinski definition) is 9. The highest BCUT2D eigenvalue weighted by atomic mass is 19.1. The number of ether oxygens (including phenoxy) is 2. The SMILES string of the molecule is CCn1cncc1Cn1c(CN2CCC(Nc3cccc(COc4ccc(C#N)cc4F)n3)CC2)nc2ccc(C(=O)OC)cc21. The van der Waals surface area contributed by atoms with Gasteiger partial charge in [0.2, 0.25) is 0 Å². The third-order valence-electron chi connectivity index (χ3n) is 8.26. The maximum absolute atomic E-state index is 14.2. The van der Waals surface area contributed by atoms with Crippen molar-refractivity contribution in [3.8, 4) is 11.8 Å². The molecule has 5 aromatic rings. The summed E-state index contributed by atoms with van der Waals surface area (Å²) in [6.45, 7) is 6.02. The van der Waals surface area contributed by atoms with Gasteiger partial charge in [0.1, 0.15) is 18.2 Å². The van der Waals surface area contributed by atoms with Crippen LogP contribution >= 0.6 is 0 Å². The fraction of sp³-hybridized carbons (Fsp3) is 0.324. The Balaban J connectivity index is 1.10. The lowest BCUT2D eigenvalue weighted by atomic mass is 10.0. The molecule has 1 aliphatic heterocycles. The van der Waals surface area contributed by atoms with E-state index in [1.807, 2.05) is 48.9 Å². The molecule has 0 aliphatic carbocycles. The number of nitrogens with one attached hydrogen (secondary N) is 1. The zero-order chi connectivity index (χ0) is 32.0. The predicted molar refractivity (Wildman–Crippen MR) is 170 cm³/mol. The van der Waals surface area contributed by atoms with Crippen LogP contribution in [-0.4, -0.2) is 61.2 Å². The molecule has 236 valence electrons. The first-order valence-electron chi connectivity index (χ1n) is 15.3. The van der Waals surface area contributed by atoms with E-state index in [9.17, 15) is 9.18 Å². The van der Waals surface area contributed by atoms with Crippen LogP contribution in [0.2, 0.25) is 0 Å². The maximum atomic E-state index is 14.2. The van der Waals surface area contributed by atoms with Crippen molar-refractivity contribution in [2.75, 3.05) is 25.5 Å². The van der Waals surface area contributed by atoms with Gasteiger partial charge in [0.15, 0.2) is 11.6 Å². The van der Waals surface area contributed by atoms with Gasteiger partial charge in [-0.25, -0.2) is 24.1 Å². The third-order valence-corrected chi connectivity index (χ3v) is 8.26. The quantitative estimate of drug-likeness (QED) is 0.199. The summed E-state index contributed by atoms with van der Waals surface area (Å²) in [6, 6.07) is 17.4. The molecule has 12 heteroatoms. The van der Waals surface area contributed by atoms with E-state index in [1.54, 1.807) is 6.07 Å². The van der Waals surface area contributed by atoms with Gasteiger partial charge in [-0.3, -0.25) is 4.90 Å². The average molecular weight is 623 g/mol. The highest BCUT2D eigenvalue weighted by molar-refractivity contribution is 5.93. The molecule has 4 heterocycles. The Morgan fingerprint density at radius 2 is 1.96 bits per heavy atom. The van der Waals surface area contributed by atoms with Crippen molar-refractivity contribution in [3.05, 3.63) is 101 Å². The van der Waals surface area contributed by atoms with Gasteiger partial charge in [0.25, 0.3) is 0 Å². The van der Waals surface area contributed by atoms with Gasteiger partial charge in [0.05, 0.1) is 66.1 Å². The minimum atomic E-state index is -0.575. The predicted octanol–water partition coefficient (Wildman–Crippen LogP) is 5.15. The average Bonchev–Trinajstić information content (AvgIpc) is 3.68. The number of pyridine rings is 1. The fourth-order valence-electron chi connectivity index (χ4n) is 5.77. The largest absolute Gasteiger partial charge is 0.484 e. The van der Waals surface area contributed by atoms with Crippen LogP contribution in [0.3, 0.4) is 0 Å². The number of carbonyl (C=O) groups excluding carboxylic acids is 1. The minimum absolute atomic E-state index is 0.0833. The lowest BCUT2D eigenvalue weighted by molar-refractivity contribution is 0.0601. The number of nitriles is 1. The van der Waals surface area contributed by atoms with Crippen LogP contribution in [0.4, 0.5) is 10.2 Å². The highest BCUT2D eigenvalue weighted by Gasteiger charge is 2.23. The summed E-state index contributed by atoms with van der Waals surface area (Å²) in [5.41, 5.74) is 4.19. The van der Waals surface area contributed by atoms with Crippen molar-refractivity contribution in [1.82, 2.24) is 29.0 Å². The van der Waals surface area contributed by atoms with E-state index < -0.39 is 5.82 Å². The Labute approximate surface area is 266 Å².